The molecule has 0 saturated heterocycles. The molecular formula is C16H24N4. The van der Waals surface area contributed by atoms with E-state index in [1.54, 1.807) is 0 Å². The Bertz CT molecular complexity index is 416. The topological polar surface area (TPSA) is 72.3 Å². The van der Waals surface area contributed by atoms with Crippen molar-refractivity contribution >= 4 is 0 Å². The van der Waals surface area contributed by atoms with E-state index in [0.717, 1.165) is 51.4 Å². The van der Waals surface area contributed by atoms with Crippen molar-refractivity contribution in [1.82, 2.24) is 0 Å². The minimum absolute atomic E-state index is 0.00567. The van der Waals surface area contributed by atoms with E-state index in [1.807, 2.05) is 13.8 Å². The van der Waals surface area contributed by atoms with E-state index in [2.05, 4.69) is 22.4 Å². The van der Waals surface area contributed by atoms with E-state index in [4.69, 9.17) is 0 Å². The minimum atomic E-state index is -0.376. The predicted molar refractivity (Wildman–Crippen MR) is 76.8 cm³/mol. The molecule has 0 aromatic rings. The molecule has 2 aliphatic carbocycles. The summed E-state index contributed by atoms with van der Waals surface area (Å²) < 4.78 is 0. The molecule has 0 radical (unpaired) electrons. The fourth-order valence-corrected chi connectivity index (χ4v) is 3.42. The Labute approximate surface area is 121 Å². The van der Waals surface area contributed by atoms with Crippen LogP contribution in [0, 0.1) is 33.5 Å². The SMILES string of the molecule is CC1(C#N)CCCCC1/N=N/C1CCCCC1(C)C#N. The van der Waals surface area contributed by atoms with E-state index >= 15 is 0 Å². The molecule has 0 aromatic carbocycles. The Kier molecular flexibility index (Phi) is 4.43. The summed E-state index contributed by atoms with van der Waals surface area (Å²) in [6.07, 6.45) is 8.18. The van der Waals surface area contributed by atoms with Gasteiger partial charge in [-0.25, -0.2) is 0 Å². The molecule has 4 heteroatoms. The van der Waals surface area contributed by atoms with Gasteiger partial charge < -0.3 is 0 Å². The van der Waals surface area contributed by atoms with Gasteiger partial charge in [0.2, 0.25) is 0 Å². The van der Waals surface area contributed by atoms with E-state index in [-0.39, 0.29) is 22.9 Å². The van der Waals surface area contributed by atoms with Crippen molar-refractivity contribution in [3.8, 4) is 12.1 Å². The third-order valence-corrected chi connectivity index (χ3v) is 5.17. The van der Waals surface area contributed by atoms with Crippen molar-refractivity contribution in [2.24, 2.45) is 21.1 Å². The van der Waals surface area contributed by atoms with Crippen LogP contribution < -0.4 is 0 Å². The number of rotatable bonds is 2. The standard InChI is InChI=1S/C16H24N4/c1-15(11-17)9-5-3-7-13(15)19-20-14-8-4-6-10-16(14,2)12-18/h13-14H,3-10H2,1-2H3/b20-19+. The molecule has 4 nitrogen and oxygen atoms in total. The van der Waals surface area contributed by atoms with Crippen LogP contribution in [0.1, 0.15) is 65.2 Å². The highest BCUT2D eigenvalue weighted by Crippen LogP contribution is 2.40. The lowest BCUT2D eigenvalue weighted by molar-refractivity contribution is 0.214. The number of hydrogen-bond acceptors (Lipinski definition) is 4. The van der Waals surface area contributed by atoms with Crippen LogP contribution in [-0.2, 0) is 0 Å². The lowest BCUT2D eigenvalue weighted by Crippen LogP contribution is -2.35. The highest BCUT2D eigenvalue weighted by molar-refractivity contribution is 5.07. The Morgan fingerprint density at radius 1 is 0.800 bits per heavy atom. The van der Waals surface area contributed by atoms with E-state index in [0.29, 0.717) is 0 Å². The molecule has 0 heterocycles. The largest absolute Gasteiger partial charge is 0.198 e. The normalized spacial score (nSPS) is 42.0. The molecule has 4 unspecified atom stereocenters. The highest BCUT2D eigenvalue weighted by atomic mass is 15.2. The zero-order valence-electron chi connectivity index (χ0n) is 12.6. The molecule has 2 fully saturated rings. The van der Waals surface area contributed by atoms with Gasteiger partial charge in [0.15, 0.2) is 0 Å². The van der Waals surface area contributed by atoms with E-state index < -0.39 is 0 Å². The Hall–Kier alpha value is -1.42. The third-order valence-electron chi connectivity index (χ3n) is 5.17. The first-order valence-electron chi connectivity index (χ1n) is 7.76. The quantitative estimate of drug-likeness (QED) is 0.699. The average Bonchev–Trinajstić information content (AvgIpc) is 2.48. The second-order valence-corrected chi connectivity index (χ2v) is 6.81. The molecule has 0 spiro atoms. The predicted octanol–water partition coefficient (Wildman–Crippen LogP) is 4.38. The molecule has 0 bridgehead atoms. The van der Waals surface area contributed by atoms with Gasteiger partial charge in [-0.2, -0.15) is 20.8 Å². The zero-order chi connectivity index (χ0) is 14.6. The summed E-state index contributed by atoms with van der Waals surface area (Å²) in [6, 6.07) is 4.88. The second kappa shape index (κ2) is 5.92. The molecule has 0 aliphatic heterocycles. The number of azo groups is 1. The monoisotopic (exact) mass is 272 g/mol. The molecule has 2 saturated carbocycles. The van der Waals surface area contributed by atoms with Crippen LogP contribution in [-0.4, -0.2) is 12.1 Å². The van der Waals surface area contributed by atoms with Crippen LogP contribution in [0.3, 0.4) is 0 Å². The number of hydrogen-bond donors (Lipinski definition) is 0. The first kappa shape index (κ1) is 15.0. The minimum Gasteiger partial charge on any atom is -0.198 e. The summed E-state index contributed by atoms with van der Waals surface area (Å²) >= 11 is 0. The highest BCUT2D eigenvalue weighted by Gasteiger charge is 2.40. The molecule has 0 amide bonds. The van der Waals surface area contributed by atoms with Crippen LogP contribution in [0.4, 0.5) is 0 Å². The van der Waals surface area contributed by atoms with Gasteiger partial charge in [0.1, 0.15) is 0 Å². The van der Waals surface area contributed by atoms with Crippen molar-refractivity contribution in [2.45, 2.75) is 77.3 Å². The van der Waals surface area contributed by atoms with Crippen LogP contribution in [0.2, 0.25) is 0 Å². The van der Waals surface area contributed by atoms with E-state index in [1.165, 1.54) is 0 Å². The van der Waals surface area contributed by atoms with Gasteiger partial charge in [-0.05, 0) is 39.5 Å². The molecule has 2 rings (SSSR count). The zero-order valence-corrected chi connectivity index (χ0v) is 12.6. The van der Waals surface area contributed by atoms with Gasteiger partial charge in [-0.15, -0.1) is 0 Å². The van der Waals surface area contributed by atoms with Gasteiger partial charge in [0.25, 0.3) is 0 Å². The van der Waals surface area contributed by atoms with Crippen molar-refractivity contribution in [1.29, 1.82) is 10.5 Å². The second-order valence-electron chi connectivity index (χ2n) is 6.81. The average molecular weight is 272 g/mol. The number of nitrogens with zero attached hydrogens (tertiary/aromatic N) is 4. The molecular weight excluding hydrogens is 248 g/mol. The van der Waals surface area contributed by atoms with Crippen LogP contribution in [0.5, 0.6) is 0 Å². The Morgan fingerprint density at radius 2 is 1.20 bits per heavy atom. The fourth-order valence-electron chi connectivity index (χ4n) is 3.42. The maximum absolute atomic E-state index is 9.40. The van der Waals surface area contributed by atoms with Crippen molar-refractivity contribution in [3.63, 3.8) is 0 Å². The fraction of sp³-hybridized carbons (Fsp3) is 0.875. The van der Waals surface area contributed by atoms with Gasteiger partial charge >= 0.3 is 0 Å². The van der Waals surface area contributed by atoms with Crippen LogP contribution >= 0.6 is 0 Å². The molecule has 2 aliphatic rings. The van der Waals surface area contributed by atoms with Gasteiger partial charge in [0, 0.05) is 0 Å². The molecule has 0 aromatic heterocycles. The maximum atomic E-state index is 9.40. The van der Waals surface area contributed by atoms with Crippen molar-refractivity contribution in [2.75, 3.05) is 0 Å². The molecule has 108 valence electrons. The maximum Gasteiger partial charge on any atom is 0.0891 e. The molecule has 4 atom stereocenters. The third kappa shape index (κ3) is 2.85. The summed E-state index contributed by atoms with van der Waals surface area (Å²) in [4.78, 5) is 0. The summed E-state index contributed by atoms with van der Waals surface area (Å²) in [5, 5.41) is 27.9. The Morgan fingerprint density at radius 3 is 1.55 bits per heavy atom. The van der Waals surface area contributed by atoms with E-state index in [9.17, 15) is 10.5 Å². The van der Waals surface area contributed by atoms with Gasteiger partial charge in [-0.1, -0.05) is 25.7 Å². The lowest BCUT2D eigenvalue weighted by atomic mass is 9.72. The van der Waals surface area contributed by atoms with Crippen molar-refractivity contribution in [3.05, 3.63) is 0 Å². The summed E-state index contributed by atoms with van der Waals surface area (Å²) in [5.41, 5.74) is -0.751. The first-order valence-corrected chi connectivity index (χ1v) is 7.76. The first-order chi connectivity index (χ1) is 9.54. The number of nitriles is 2. The van der Waals surface area contributed by atoms with Gasteiger partial charge in [0.05, 0.1) is 35.1 Å². The smallest absolute Gasteiger partial charge is 0.0891 e. The molecule has 20 heavy (non-hydrogen) atoms. The summed E-state index contributed by atoms with van der Waals surface area (Å²) in [6.45, 7) is 4.00. The molecule has 0 N–H and O–H groups in total. The van der Waals surface area contributed by atoms with Crippen molar-refractivity contribution < 1.29 is 0 Å². The van der Waals surface area contributed by atoms with Gasteiger partial charge in [-0.3, -0.25) is 0 Å². The van der Waals surface area contributed by atoms with Crippen LogP contribution in [0.15, 0.2) is 10.2 Å². The lowest BCUT2D eigenvalue weighted by Gasteiger charge is -2.35. The summed E-state index contributed by atoms with van der Waals surface area (Å²) in [7, 11) is 0. The van der Waals surface area contributed by atoms with Crippen LogP contribution in [0.25, 0.3) is 0 Å². The summed E-state index contributed by atoms with van der Waals surface area (Å²) in [5.74, 6) is 0. The Balaban J connectivity index is 2.12.